The number of rotatable bonds is 3. The SMILES string of the molecule is O=C(c1ccco1)N1N=C(c2ccc(F)cc2)C[C@H]1c1cccs1. The number of hydrogen-bond acceptors (Lipinski definition) is 4. The van der Waals surface area contributed by atoms with Gasteiger partial charge >= 0.3 is 5.91 Å². The van der Waals surface area contributed by atoms with E-state index in [1.54, 1.807) is 35.6 Å². The van der Waals surface area contributed by atoms with E-state index in [0.29, 0.717) is 6.42 Å². The summed E-state index contributed by atoms with van der Waals surface area (Å²) in [7, 11) is 0. The van der Waals surface area contributed by atoms with Crippen LogP contribution in [-0.4, -0.2) is 16.6 Å². The van der Waals surface area contributed by atoms with E-state index in [4.69, 9.17) is 4.42 Å². The van der Waals surface area contributed by atoms with Crippen LogP contribution < -0.4 is 0 Å². The van der Waals surface area contributed by atoms with Gasteiger partial charge in [0.1, 0.15) is 5.82 Å². The molecule has 3 heterocycles. The fourth-order valence-electron chi connectivity index (χ4n) is 2.73. The van der Waals surface area contributed by atoms with Gasteiger partial charge in [0, 0.05) is 11.3 Å². The molecule has 4 nitrogen and oxygen atoms in total. The molecule has 1 amide bonds. The maximum absolute atomic E-state index is 13.1. The van der Waals surface area contributed by atoms with E-state index < -0.39 is 0 Å². The Kier molecular flexibility index (Phi) is 3.74. The number of carbonyl (C=O) groups excluding carboxylic acids is 1. The Morgan fingerprint density at radius 3 is 2.71 bits per heavy atom. The van der Waals surface area contributed by atoms with Crippen LogP contribution in [0, 0.1) is 5.82 Å². The summed E-state index contributed by atoms with van der Waals surface area (Å²) in [4.78, 5) is 13.8. The molecule has 0 fully saturated rings. The average molecular weight is 340 g/mol. The van der Waals surface area contributed by atoms with Crippen molar-refractivity contribution in [2.75, 3.05) is 0 Å². The van der Waals surface area contributed by atoms with Crippen LogP contribution in [0.15, 0.2) is 69.7 Å². The monoisotopic (exact) mass is 340 g/mol. The molecule has 1 aromatic carbocycles. The quantitative estimate of drug-likeness (QED) is 0.706. The highest BCUT2D eigenvalue weighted by molar-refractivity contribution is 7.10. The minimum absolute atomic E-state index is 0.178. The van der Waals surface area contributed by atoms with Crippen LogP contribution in [0.1, 0.15) is 33.5 Å². The number of hydrogen-bond donors (Lipinski definition) is 0. The number of amides is 1. The van der Waals surface area contributed by atoms with Gasteiger partial charge in [0.05, 0.1) is 18.0 Å². The summed E-state index contributed by atoms with van der Waals surface area (Å²) >= 11 is 1.58. The van der Waals surface area contributed by atoms with E-state index in [1.165, 1.54) is 23.4 Å². The normalized spacial score (nSPS) is 17.1. The fourth-order valence-corrected chi connectivity index (χ4v) is 3.54. The molecule has 4 rings (SSSR count). The minimum atomic E-state index is -0.296. The summed E-state index contributed by atoms with van der Waals surface area (Å²) in [6.45, 7) is 0. The van der Waals surface area contributed by atoms with Gasteiger partial charge in [0.2, 0.25) is 0 Å². The van der Waals surface area contributed by atoms with Crippen LogP contribution in [0.4, 0.5) is 4.39 Å². The third kappa shape index (κ3) is 2.65. The van der Waals surface area contributed by atoms with Crippen LogP contribution in [0.25, 0.3) is 0 Å². The molecule has 0 bridgehead atoms. The first-order valence-corrected chi connectivity index (χ1v) is 8.34. The zero-order valence-corrected chi connectivity index (χ0v) is 13.4. The lowest BCUT2D eigenvalue weighted by Crippen LogP contribution is -2.26. The van der Waals surface area contributed by atoms with Gasteiger partial charge in [-0.1, -0.05) is 18.2 Å². The number of furan rings is 1. The van der Waals surface area contributed by atoms with Crippen LogP contribution in [0.2, 0.25) is 0 Å². The molecular formula is C18H13FN2O2S. The van der Waals surface area contributed by atoms with Crippen LogP contribution >= 0.6 is 11.3 Å². The van der Waals surface area contributed by atoms with Gasteiger partial charge in [-0.15, -0.1) is 11.3 Å². The maximum Gasteiger partial charge on any atom is 0.310 e. The lowest BCUT2D eigenvalue weighted by atomic mass is 10.0. The molecule has 0 radical (unpaired) electrons. The zero-order chi connectivity index (χ0) is 16.5. The molecule has 1 aliphatic rings. The molecule has 24 heavy (non-hydrogen) atoms. The first kappa shape index (κ1) is 14.8. The first-order chi connectivity index (χ1) is 11.7. The van der Waals surface area contributed by atoms with Crippen molar-refractivity contribution in [3.8, 4) is 0 Å². The summed E-state index contributed by atoms with van der Waals surface area (Å²) in [5.41, 5.74) is 1.57. The molecule has 3 aromatic rings. The van der Waals surface area contributed by atoms with E-state index in [9.17, 15) is 9.18 Å². The van der Waals surface area contributed by atoms with E-state index in [0.717, 1.165) is 16.2 Å². The third-order valence-corrected chi connectivity index (χ3v) is 4.87. The summed E-state index contributed by atoms with van der Waals surface area (Å²) in [5.74, 6) is -0.327. The number of halogens is 1. The molecular weight excluding hydrogens is 327 g/mol. The van der Waals surface area contributed by atoms with Gasteiger partial charge in [0.25, 0.3) is 0 Å². The maximum atomic E-state index is 13.1. The minimum Gasteiger partial charge on any atom is -0.459 e. The Labute approximate surface area is 141 Å². The van der Waals surface area contributed by atoms with E-state index in [1.807, 2.05) is 17.5 Å². The topological polar surface area (TPSA) is 45.8 Å². The number of nitrogens with zero attached hydrogens (tertiary/aromatic N) is 2. The summed E-state index contributed by atoms with van der Waals surface area (Å²) in [5, 5.41) is 7.94. The van der Waals surface area contributed by atoms with Crippen molar-refractivity contribution in [3.63, 3.8) is 0 Å². The Hall–Kier alpha value is -2.73. The number of carbonyl (C=O) groups is 1. The summed E-state index contributed by atoms with van der Waals surface area (Å²) < 4.78 is 18.4. The molecule has 0 saturated carbocycles. The summed E-state index contributed by atoms with van der Waals surface area (Å²) in [6, 6.07) is 13.2. The van der Waals surface area contributed by atoms with E-state index in [-0.39, 0.29) is 23.5 Å². The predicted molar refractivity (Wildman–Crippen MR) is 89.5 cm³/mol. The predicted octanol–water partition coefficient (Wildman–Crippen LogP) is 4.47. The molecule has 6 heteroatoms. The van der Waals surface area contributed by atoms with Crippen molar-refractivity contribution in [2.45, 2.75) is 12.5 Å². The third-order valence-electron chi connectivity index (χ3n) is 3.90. The van der Waals surface area contributed by atoms with E-state index >= 15 is 0 Å². The molecule has 0 N–H and O–H groups in total. The van der Waals surface area contributed by atoms with Gasteiger partial charge in [-0.05, 0) is 41.3 Å². The van der Waals surface area contributed by atoms with E-state index in [2.05, 4.69) is 5.10 Å². The standard InChI is InChI=1S/C18H13FN2O2S/c19-13-7-5-12(6-8-13)14-11-15(17-4-2-10-24-17)21(20-14)18(22)16-3-1-9-23-16/h1-10,15H,11H2/t15-/m0/s1. The summed E-state index contributed by atoms with van der Waals surface area (Å²) in [6.07, 6.45) is 2.05. The van der Waals surface area contributed by atoms with Gasteiger partial charge < -0.3 is 4.42 Å². The molecule has 1 aliphatic heterocycles. The van der Waals surface area contributed by atoms with Gasteiger partial charge in [-0.3, -0.25) is 4.79 Å². The molecule has 2 aromatic heterocycles. The van der Waals surface area contributed by atoms with Crippen LogP contribution in [0.3, 0.4) is 0 Å². The fraction of sp³-hybridized carbons (Fsp3) is 0.111. The van der Waals surface area contributed by atoms with Crippen molar-refractivity contribution in [2.24, 2.45) is 5.10 Å². The molecule has 0 spiro atoms. The highest BCUT2D eigenvalue weighted by Crippen LogP contribution is 2.36. The lowest BCUT2D eigenvalue weighted by Gasteiger charge is -2.19. The Morgan fingerprint density at radius 1 is 1.21 bits per heavy atom. The Morgan fingerprint density at radius 2 is 2.04 bits per heavy atom. The molecule has 0 unspecified atom stereocenters. The number of hydrazone groups is 1. The first-order valence-electron chi connectivity index (χ1n) is 7.46. The molecule has 1 atom stereocenters. The average Bonchev–Trinajstić information content (AvgIpc) is 3.34. The smallest absolute Gasteiger partial charge is 0.310 e. The Balaban J connectivity index is 1.71. The van der Waals surface area contributed by atoms with Gasteiger partial charge in [0.15, 0.2) is 5.76 Å². The highest BCUT2D eigenvalue weighted by atomic mass is 32.1. The van der Waals surface area contributed by atoms with Crippen LogP contribution in [0.5, 0.6) is 0 Å². The second kappa shape index (κ2) is 6.05. The second-order valence-corrected chi connectivity index (χ2v) is 6.40. The molecule has 0 aliphatic carbocycles. The van der Waals surface area contributed by atoms with Crippen molar-refractivity contribution in [1.82, 2.24) is 5.01 Å². The van der Waals surface area contributed by atoms with Crippen molar-refractivity contribution < 1.29 is 13.6 Å². The second-order valence-electron chi connectivity index (χ2n) is 5.42. The zero-order valence-electron chi connectivity index (χ0n) is 12.6. The van der Waals surface area contributed by atoms with Crippen molar-refractivity contribution in [3.05, 3.63) is 82.2 Å². The number of thiophene rings is 1. The van der Waals surface area contributed by atoms with Gasteiger partial charge in [-0.25, -0.2) is 9.40 Å². The lowest BCUT2D eigenvalue weighted by molar-refractivity contribution is 0.0681. The van der Waals surface area contributed by atoms with Crippen molar-refractivity contribution >= 4 is 23.0 Å². The van der Waals surface area contributed by atoms with Crippen LogP contribution in [-0.2, 0) is 0 Å². The molecule has 0 saturated heterocycles. The largest absolute Gasteiger partial charge is 0.459 e. The highest BCUT2D eigenvalue weighted by Gasteiger charge is 2.35. The van der Waals surface area contributed by atoms with Crippen molar-refractivity contribution in [1.29, 1.82) is 0 Å². The van der Waals surface area contributed by atoms with Gasteiger partial charge in [-0.2, -0.15) is 5.10 Å². The number of benzene rings is 1. The molecule has 120 valence electrons. The Bertz CT molecular complexity index is 870.